The van der Waals surface area contributed by atoms with Crippen molar-refractivity contribution in [1.82, 2.24) is 4.57 Å². The fourth-order valence-corrected chi connectivity index (χ4v) is 7.14. The van der Waals surface area contributed by atoms with Crippen molar-refractivity contribution >= 4 is 21.8 Å². The highest BCUT2D eigenvalue weighted by Gasteiger charge is 2.42. The van der Waals surface area contributed by atoms with E-state index >= 15 is 0 Å². The number of nitrogens with zero attached hydrogens (tertiary/aromatic N) is 1. The Morgan fingerprint density at radius 1 is 0.526 bits per heavy atom. The van der Waals surface area contributed by atoms with Gasteiger partial charge in [-0.1, -0.05) is 126 Å². The number of unbranched alkanes of at least 4 members (excludes halogenated alkanes) is 6. The molecule has 1 heterocycles. The van der Waals surface area contributed by atoms with Crippen LogP contribution in [-0.2, 0) is 5.41 Å². The lowest BCUT2D eigenvalue weighted by Gasteiger charge is -2.33. The van der Waals surface area contributed by atoms with Crippen LogP contribution in [0.2, 0.25) is 0 Å². The highest BCUT2D eigenvalue weighted by Crippen LogP contribution is 2.55. The second-order valence-electron chi connectivity index (χ2n) is 11.4. The molecule has 4 aromatic carbocycles. The molecule has 38 heavy (non-hydrogen) atoms. The van der Waals surface area contributed by atoms with Crippen molar-refractivity contribution in [3.63, 3.8) is 0 Å². The minimum absolute atomic E-state index is 0.111. The molecule has 0 amide bonds. The smallest absolute Gasteiger partial charge is 0.0544 e. The fraction of sp³-hybridized carbons (Fsp3) is 0.351. The number of benzene rings is 4. The lowest BCUT2D eigenvalue weighted by molar-refractivity contribution is 0.401. The Hall–Kier alpha value is -3.32. The minimum Gasteiger partial charge on any atom is -0.309 e. The van der Waals surface area contributed by atoms with Gasteiger partial charge in [-0.3, -0.25) is 0 Å². The van der Waals surface area contributed by atoms with E-state index in [1.54, 1.807) is 11.1 Å². The van der Waals surface area contributed by atoms with Gasteiger partial charge in [0.1, 0.15) is 0 Å². The molecule has 0 saturated heterocycles. The second kappa shape index (κ2) is 10.8. The Kier molecular flexibility index (Phi) is 7.11. The highest BCUT2D eigenvalue weighted by atomic mass is 15.0. The number of aromatic nitrogens is 1. The van der Waals surface area contributed by atoms with Crippen LogP contribution in [0, 0.1) is 0 Å². The third-order valence-electron chi connectivity index (χ3n) is 8.99. The molecular formula is C37H41N. The Bertz CT molecular complexity index is 1530. The van der Waals surface area contributed by atoms with Crippen LogP contribution in [0.4, 0.5) is 0 Å². The predicted molar refractivity (Wildman–Crippen MR) is 165 cm³/mol. The topological polar surface area (TPSA) is 4.93 Å². The second-order valence-corrected chi connectivity index (χ2v) is 11.4. The minimum atomic E-state index is 0.111. The maximum absolute atomic E-state index is 2.59. The first kappa shape index (κ1) is 25.0. The van der Waals surface area contributed by atoms with Gasteiger partial charge in [0, 0.05) is 21.9 Å². The summed E-state index contributed by atoms with van der Waals surface area (Å²) in [5.41, 5.74) is 10.1. The third kappa shape index (κ3) is 4.17. The van der Waals surface area contributed by atoms with Gasteiger partial charge in [-0.25, -0.2) is 0 Å². The van der Waals surface area contributed by atoms with E-state index in [1.807, 2.05) is 0 Å². The number of para-hydroxylation sites is 2. The Morgan fingerprint density at radius 3 is 1.92 bits per heavy atom. The molecule has 1 aliphatic carbocycles. The molecule has 0 fully saturated rings. The van der Waals surface area contributed by atoms with Crippen molar-refractivity contribution < 1.29 is 0 Å². The Morgan fingerprint density at radius 2 is 1.18 bits per heavy atom. The molecule has 194 valence electrons. The zero-order valence-electron chi connectivity index (χ0n) is 23.2. The summed E-state index contributed by atoms with van der Waals surface area (Å²) >= 11 is 0. The molecule has 1 nitrogen and oxygen atoms in total. The van der Waals surface area contributed by atoms with E-state index < -0.39 is 0 Å². The van der Waals surface area contributed by atoms with Crippen LogP contribution < -0.4 is 0 Å². The number of fused-ring (bicyclic) bond motifs is 6. The molecule has 0 bridgehead atoms. The van der Waals surface area contributed by atoms with Crippen LogP contribution >= 0.6 is 0 Å². The van der Waals surface area contributed by atoms with E-state index in [0.29, 0.717) is 0 Å². The molecule has 0 atom stereocenters. The van der Waals surface area contributed by atoms with Crippen LogP contribution in [0.5, 0.6) is 0 Å². The summed E-state index contributed by atoms with van der Waals surface area (Å²) < 4.78 is 2.49. The molecular weight excluding hydrogens is 458 g/mol. The van der Waals surface area contributed by atoms with Gasteiger partial charge >= 0.3 is 0 Å². The molecule has 0 aliphatic heterocycles. The number of rotatable bonds is 11. The summed E-state index contributed by atoms with van der Waals surface area (Å²) in [5.74, 6) is 0. The van der Waals surface area contributed by atoms with Gasteiger partial charge in [-0.2, -0.15) is 0 Å². The fourth-order valence-electron chi connectivity index (χ4n) is 7.14. The predicted octanol–water partition coefficient (Wildman–Crippen LogP) is 11.0. The van der Waals surface area contributed by atoms with Crippen molar-refractivity contribution in [3.05, 3.63) is 102 Å². The molecule has 0 spiro atoms. The average Bonchev–Trinajstić information content (AvgIpc) is 3.43. The van der Waals surface area contributed by atoms with E-state index in [2.05, 4.69) is 109 Å². The van der Waals surface area contributed by atoms with Gasteiger partial charge < -0.3 is 4.57 Å². The zero-order chi connectivity index (χ0) is 26.0. The Labute approximate surface area is 228 Å². The number of hydrogen-bond acceptors (Lipinski definition) is 0. The first-order valence-electron chi connectivity index (χ1n) is 15.0. The molecule has 0 unspecified atom stereocenters. The van der Waals surface area contributed by atoms with E-state index in [1.165, 1.54) is 103 Å². The molecule has 1 heteroatoms. The summed E-state index contributed by atoms with van der Waals surface area (Å²) in [4.78, 5) is 0. The summed E-state index contributed by atoms with van der Waals surface area (Å²) in [5, 5.41) is 2.71. The van der Waals surface area contributed by atoms with E-state index in [-0.39, 0.29) is 5.41 Å². The first-order valence-corrected chi connectivity index (χ1v) is 15.0. The molecule has 1 aliphatic rings. The molecule has 0 saturated carbocycles. The van der Waals surface area contributed by atoms with Gasteiger partial charge in [0.05, 0.1) is 11.0 Å². The molecule has 0 N–H and O–H groups in total. The van der Waals surface area contributed by atoms with Crippen molar-refractivity contribution in [2.45, 2.75) is 83.5 Å². The first-order chi connectivity index (χ1) is 18.8. The largest absolute Gasteiger partial charge is 0.309 e. The normalized spacial score (nSPS) is 13.7. The monoisotopic (exact) mass is 499 g/mol. The van der Waals surface area contributed by atoms with Gasteiger partial charge in [0.2, 0.25) is 0 Å². The van der Waals surface area contributed by atoms with E-state index in [9.17, 15) is 0 Å². The Balaban J connectivity index is 1.60. The molecule has 6 rings (SSSR count). The van der Waals surface area contributed by atoms with E-state index in [4.69, 9.17) is 0 Å². The van der Waals surface area contributed by atoms with Crippen LogP contribution in [0.1, 0.15) is 89.2 Å². The summed E-state index contributed by atoms with van der Waals surface area (Å²) in [6.45, 7) is 4.64. The highest BCUT2D eigenvalue weighted by molar-refractivity contribution is 6.11. The maximum Gasteiger partial charge on any atom is 0.0544 e. The lowest BCUT2D eigenvalue weighted by Crippen LogP contribution is -2.25. The average molecular weight is 500 g/mol. The van der Waals surface area contributed by atoms with Crippen LogP contribution in [0.25, 0.3) is 38.6 Å². The molecule has 1 aromatic heterocycles. The van der Waals surface area contributed by atoms with Gasteiger partial charge in [0.25, 0.3) is 0 Å². The van der Waals surface area contributed by atoms with Gasteiger partial charge in [0.15, 0.2) is 0 Å². The number of hydrogen-bond donors (Lipinski definition) is 0. The lowest BCUT2D eigenvalue weighted by atomic mass is 9.70. The summed E-state index contributed by atoms with van der Waals surface area (Å²) in [6, 6.07) is 34.3. The summed E-state index contributed by atoms with van der Waals surface area (Å²) in [7, 11) is 0. The zero-order valence-corrected chi connectivity index (χ0v) is 23.2. The van der Waals surface area contributed by atoms with Crippen LogP contribution in [-0.4, -0.2) is 4.57 Å². The van der Waals surface area contributed by atoms with Gasteiger partial charge in [-0.15, -0.1) is 0 Å². The molecule has 0 radical (unpaired) electrons. The van der Waals surface area contributed by atoms with Crippen molar-refractivity contribution in [3.8, 4) is 16.8 Å². The third-order valence-corrected chi connectivity index (χ3v) is 8.99. The van der Waals surface area contributed by atoms with Gasteiger partial charge in [-0.05, 0) is 65.4 Å². The maximum atomic E-state index is 2.59. The van der Waals surface area contributed by atoms with Crippen LogP contribution in [0.3, 0.4) is 0 Å². The summed E-state index contributed by atoms with van der Waals surface area (Å²) in [6.07, 6.45) is 13.0. The van der Waals surface area contributed by atoms with Crippen LogP contribution in [0.15, 0.2) is 91.0 Å². The van der Waals surface area contributed by atoms with Crippen molar-refractivity contribution in [1.29, 1.82) is 0 Å². The molecule has 5 aromatic rings. The quantitative estimate of drug-likeness (QED) is 0.159. The standard InChI is InChI=1S/C37H41N/c1-3-5-7-16-24-37(25-17-8-6-4-2)33-22-14-12-20-29(33)31-26-32-30-21-13-15-23-35(30)38(36(32)27-34(31)37)28-18-10-9-11-19-28/h9-15,18-23,26-27H,3-8,16-17,24-25H2,1-2H3. The van der Waals surface area contributed by atoms with Crippen molar-refractivity contribution in [2.24, 2.45) is 0 Å². The SMILES string of the molecule is CCCCCCC1(CCCCCC)c2ccccc2-c2cc3c4ccccc4n(-c4ccccc4)c3cc21. The van der Waals surface area contributed by atoms with Crippen molar-refractivity contribution in [2.75, 3.05) is 0 Å². The van der Waals surface area contributed by atoms with E-state index in [0.717, 1.165) is 0 Å².